The second kappa shape index (κ2) is 7.40. The molecule has 5 rings (SSSR count). The second-order valence-electron chi connectivity index (χ2n) is 8.53. The number of carbonyl (C=O) groups is 2. The van der Waals surface area contributed by atoms with Crippen LogP contribution < -0.4 is 10.0 Å². The minimum Gasteiger partial charge on any atom is -0.447 e. The number of anilines is 1. The lowest BCUT2D eigenvalue weighted by Gasteiger charge is -2.16. The highest BCUT2D eigenvalue weighted by Gasteiger charge is 2.31. The van der Waals surface area contributed by atoms with Crippen LogP contribution in [-0.4, -0.2) is 38.8 Å². The number of nitrogens with one attached hydrogen (secondary N) is 2. The lowest BCUT2D eigenvalue weighted by Crippen LogP contribution is -2.34. The van der Waals surface area contributed by atoms with Crippen molar-refractivity contribution in [1.29, 1.82) is 0 Å². The van der Waals surface area contributed by atoms with E-state index in [9.17, 15) is 18.0 Å². The molecule has 3 aliphatic rings. The standard InChI is InChI=1S/C22H25N3O5S/c1-25-10-4-9-18-17(21(25)26)12-19(30-18)31(28,29)24-22(27)23-20-15-7-2-5-13(15)11-14-6-3-8-16(14)20/h11-12H,2-10H2,1H3,(H2,23,24,27). The van der Waals surface area contributed by atoms with Crippen molar-refractivity contribution < 1.29 is 22.4 Å². The van der Waals surface area contributed by atoms with Crippen LogP contribution >= 0.6 is 0 Å². The summed E-state index contributed by atoms with van der Waals surface area (Å²) in [6, 6.07) is 2.64. The van der Waals surface area contributed by atoms with E-state index in [1.165, 1.54) is 22.1 Å². The maximum absolute atomic E-state index is 12.8. The van der Waals surface area contributed by atoms with E-state index >= 15 is 0 Å². The summed E-state index contributed by atoms with van der Waals surface area (Å²) in [5.41, 5.74) is 5.73. The summed E-state index contributed by atoms with van der Waals surface area (Å²) >= 11 is 0. The zero-order valence-electron chi connectivity index (χ0n) is 17.4. The van der Waals surface area contributed by atoms with Gasteiger partial charge >= 0.3 is 6.03 Å². The van der Waals surface area contributed by atoms with Crippen LogP contribution in [-0.2, 0) is 42.1 Å². The number of rotatable bonds is 3. The van der Waals surface area contributed by atoms with Gasteiger partial charge < -0.3 is 14.6 Å². The van der Waals surface area contributed by atoms with Gasteiger partial charge in [0.05, 0.1) is 5.56 Å². The number of benzene rings is 1. The van der Waals surface area contributed by atoms with Gasteiger partial charge in [-0.15, -0.1) is 0 Å². The predicted molar refractivity (Wildman–Crippen MR) is 114 cm³/mol. The number of hydrogen-bond acceptors (Lipinski definition) is 5. The van der Waals surface area contributed by atoms with Crippen LogP contribution in [0.3, 0.4) is 0 Å². The van der Waals surface area contributed by atoms with Crippen LogP contribution in [0, 0.1) is 0 Å². The van der Waals surface area contributed by atoms with E-state index in [2.05, 4.69) is 16.1 Å². The molecule has 0 fully saturated rings. The summed E-state index contributed by atoms with van der Waals surface area (Å²) in [4.78, 5) is 26.7. The molecule has 0 unspecified atom stereocenters. The first kappa shape index (κ1) is 20.1. The van der Waals surface area contributed by atoms with Crippen LogP contribution in [0.5, 0.6) is 0 Å². The van der Waals surface area contributed by atoms with Crippen LogP contribution in [0.25, 0.3) is 0 Å². The Balaban J connectivity index is 1.39. The first-order valence-corrected chi connectivity index (χ1v) is 12.2. The van der Waals surface area contributed by atoms with Crippen molar-refractivity contribution in [2.24, 2.45) is 0 Å². The fourth-order valence-corrected chi connectivity index (χ4v) is 5.84. The van der Waals surface area contributed by atoms with E-state index in [4.69, 9.17) is 4.42 Å². The molecular formula is C22H25N3O5S. The monoisotopic (exact) mass is 443 g/mol. The number of amides is 3. The van der Waals surface area contributed by atoms with E-state index in [0.717, 1.165) is 55.3 Å². The van der Waals surface area contributed by atoms with Crippen LogP contribution in [0.15, 0.2) is 21.6 Å². The molecule has 1 aromatic heterocycles. The average molecular weight is 444 g/mol. The van der Waals surface area contributed by atoms with Gasteiger partial charge in [0.2, 0.25) is 5.09 Å². The Morgan fingerprint density at radius 1 is 1.00 bits per heavy atom. The summed E-state index contributed by atoms with van der Waals surface area (Å²) in [5, 5.41) is 2.39. The van der Waals surface area contributed by atoms with Crippen molar-refractivity contribution in [3.05, 3.63) is 45.7 Å². The van der Waals surface area contributed by atoms with Crippen molar-refractivity contribution in [2.75, 3.05) is 18.9 Å². The molecule has 31 heavy (non-hydrogen) atoms. The minimum atomic E-state index is -4.25. The van der Waals surface area contributed by atoms with E-state index in [0.29, 0.717) is 25.1 Å². The molecule has 164 valence electrons. The Labute approximate surface area is 181 Å². The predicted octanol–water partition coefficient (Wildman–Crippen LogP) is 2.79. The highest BCUT2D eigenvalue weighted by atomic mass is 32.2. The molecule has 0 spiro atoms. The Morgan fingerprint density at radius 3 is 2.35 bits per heavy atom. The zero-order valence-corrected chi connectivity index (χ0v) is 18.2. The molecule has 0 radical (unpaired) electrons. The van der Waals surface area contributed by atoms with Gasteiger partial charge in [-0.1, -0.05) is 6.07 Å². The minimum absolute atomic E-state index is 0.236. The molecule has 9 heteroatoms. The third kappa shape index (κ3) is 3.50. The van der Waals surface area contributed by atoms with E-state index in [1.807, 2.05) is 0 Å². The van der Waals surface area contributed by atoms with Crippen molar-refractivity contribution in [3.63, 3.8) is 0 Å². The molecular weight excluding hydrogens is 418 g/mol. The van der Waals surface area contributed by atoms with Gasteiger partial charge in [0.25, 0.3) is 15.9 Å². The highest BCUT2D eigenvalue weighted by Crippen LogP contribution is 2.38. The van der Waals surface area contributed by atoms with Crippen LogP contribution in [0.2, 0.25) is 0 Å². The van der Waals surface area contributed by atoms with Gasteiger partial charge in [-0.05, 0) is 67.2 Å². The Bertz CT molecular complexity index is 1170. The summed E-state index contributed by atoms with van der Waals surface area (Å²) < 4.78 is 33.2. The highest BCUT2D eigenvalue weighted by molar-refractivity contribution is 7.89. The fourth-order valence-electron chi connectivity index (χ4n) is 4.97. The fraction of sp³-hybridized carbons (Fsp3) is 0.455. The molecule has 2 N–H and O–H groups in total. The molecule has 0 saturated carbocycles. The molecule has 2 aromatic rings. The largest absolute Gasteiger partial charge is 0.447 e. The third-order valence-corrected chi connectivity index (χ3v) is 7.65. The Morgan fingerprint density at radius 2 is 1.68 bits per heavy atom. The second-order valence-corrected chi connectivity index (χ2v) is 10.1. The van der Waals surface area contributed by atoms with Gasteiger partial charge in [0, 0.05) is 31.8 Å². The summed E-state index contributed by atoms with van der Waals surface area (Å²) in [6.07, 6.45) is 6.95. The van der Waals surface area contributed by atoms with Crippen molar-refractivity contribution in [1.82, 2.24) is 9.62 Å². The van der Waals surface area contributed by atoms with Gasteiger partial charge in [-0.25, -0.2) is 9.52 Å². The molecule has 0 bridgehead atoms. The SMILES string of the molecule is CN1CCCc2oc(S(=O)(=O)NC(=O)Nc3c4c(cc5c3CCC5)CCC4)cc2C1=O. The molecule has 2 aliphatic carbocycles. The average Bonchev–Trinajstić information content (AvgIpc) is 3.44. The third-order valence-electron chi connectivity index (χ3n) is 6.46. The first-order chi connectivity index (χ1) is 14.8. The van der Waals surface area contributed by atoms with Crippen molar-refractivity contribution >= 4 is 27.6 Å². The van der Waals surface area contributed by atoms with Gasteiger partial charge in [-0.2, -0.15) is 8.42 Å². The lowest BCUT2D eigenvalue weighted by molar-refractivity contribution is 0.0800. The molecule has 0 saturated heterocycles. The summed E-state index contributed by atoms with van der Waals surface area (Å²) in [6.45, 7) is 0.581. The Hall–Kier alpha value is -2.81. The van der Waals surface area contributed by atoms with Gasteiger partial charge in [0.1, 0.15) is 5.76 Å². The number of sulfonamides is 1. The molecule has 1 aromatic carbocycles. The number of aryl methyl sites for hydroxylation is 3. The smallest absolute Gasteiger partial charge is 0.333 e. The van der Waals surface area contributed by atoms with E-state index in [1.54, 1.807) is 7.05 Å². The number of carbonyl (C=O) groups excluding carboxylic acids is 2. The van der Waals surface area contributed by atoms with Gasteiger partial charge in [-0.3, -0.25) is 4.79 Å². The molecule has 0 atom stereocenters. The van der Waals surface area contributed by atoms with Crippen molar-refractivity contribution in [2.45, 2.75) is 56.5 Å². The quantitative estimate of drug-likeness (QED) is 0.758. The number of hydrogen-bond donors (Lipinski definition) is 2. The lowest BCUT2D eigenvalue weighted by atomic mass is 9.99. The Kier molecular flexibility index (Phi) is 4.80. The van der Waals surface area contributed by atoms with E-state index in [-0.39, 0.29) is 11.5 Å². The first-order valence-electron chi connectivity index (χ1n) is 10.7. The molecule has 2 heterocycles. The van der Waals surface area contributed by atoms with Gasteiger partial charge in [0.15, 0.2) is 0 Å². The molecule has 8 nitrogen and oxygen atoms in total. The van der Waals surface area contributed by atoms with Crippen molar-refractivity contribution in [3.8, 4) is 0 Å². The number of furan rings is 1. The maximum atomic E-state index is 12.8. The normalized spacial score (nSPS) is 17.7. The van der Waals surface area contributed by atoms with Crippen LogP contribution in [0.1, 0.15) is 57.6 Å². The maximum Gasteiger partial charge on any atom is 0.333 e. The van der Waals surface area contributed by atoms with Crippen LogP contribution in [0.4, 0.5) is 10.5 Å². The molecule has 1 aliphatic heterocycles. The topological polar surface area (TPSA) is 109 Å². The number of urea groups is 1. The number of fused-ring (bicyclic) bond motifs is 3. The molecule has 3 amide bonds. The summed E-state index contributed by atoms with van der Waals surface area (Å²) in [5.74, 6) is 0.0615. The number of nitrogens with zero attached hydrogens (tertiary/aromatic N) is 1. The van der Waals surface area contributed by atoms with E-state index < -0.39 is 21.1 Å². The zero-order chi connectivity index (χ0) is 21.8. The summed E-state index contributed by atoms with van der Waals surface area (Å²) in [7, 11) is -2.59.